The molecule has 0 spiro atoms. The van der Waals surface area contributed by atoms with E-state index in [2.05, 4.69) is 16.9 Å². The minimum absolute atomic E-state index is 0.133. The fraction of sp³-hybridized carbons (Fsp3) is 0.469. The normalized spacial score (nSPS) is 11.9. The van der Waals surface area contributed by atoms with Crippen molar-refractivity contribution < 1.29 is 18.7 Å². The molecule has 5 nitrogen and oxygen atoms in total. The van der Waals surface area contributed by atoms with Crippen LogP contribution in [0, 0.1) is 0 Å². The monoisotopic (exact) mass is 520 g/mol. The summed E-state index contributed by atoms with van der Waals surface area (Å²) in [4.78, 5) is 21.2. The highest BCUT2D eigenvalue weighted by molar-refractivity contribution is 5.73. The van der Waals surface area contributed by atoms with Crippen molar-refractivity contribution in [3.05, 3.63) is 66.5 Å². The summed E-state index contributed by atoms with van der Waals surface area (Å²) in [6.07, 6.45) is 12.7. The van der Waals surface area contributed by atoms with Crippen LogP contribution in [0.25, 0.3) is 22.5 Å². The van der Waals surface area contributed by atoms with Crippen molar-refractivity contribution in [1.82, 2.24) is 9.97 Å². The first-order valence-corrected chi connectivity index (χ1v) is 14.0. The van der Waals surface area contributed by atoms with E-state index in [1.54, 1.807) is 19.1 Å². The molecule has 3 rings (SSSR count). The van der Waals surface area contributed by atoms with Gasteiger partial charge in [-0.15, -0.1) is 0 Å². The van der Waals surface area contributed by atoms with E-state index < -0.39 is 6.17 Å². The first-order valence-electron chi connectivity index (χ1n) is 14.0. The van der Waals surface area contributed by atoms with Crippen LogP contribution in [-0.2, 0) is 16.0 Å². The number of benzene rings is 2. The van der Waals surface area contributed by atoms with Crippen LogP contribution in [-0.4, -0.2) is 35.3 Å². The third kappa shape index (κ3) is 10.3. The smallest absolute Gasteiger partial charge is 0.313 e. The molecule has 0 aliphatic heterocycles. The molecule has 0 aliphatic rings. The topological polar surface area (TPSA) is 61.3 Å². The van der Waals surface area contributed by atoms with E-state index in [-0.39, 0.29) is 19.0 Å². The van der Waals surface area contributed by atoms with Gasteiger partial charge in [0.25, 0.3) is 0 Å². The van der Waals surface area contributed by atoms with Crippen molar-refractivity contribution in [2.24, 2.45) is 0 Å². The van der Waals surface area contributed by atoms with Crippen LogP contribution in [0.15, 0.2) is 60.9 Å². The molecule has 0 saturated heterocycles. The average molecular weight is 521 g/mol. The van der Waals surface area contributed by atoms with Gasteiger partial charge < -0.3 is 9.47 Å². The zero-order valence-corrected chi connectivity index (χ0v) is 22.8. The summed E-state index contributed by atoms with van der Waals surface area (Å²) in [6, 6.07) is 15.5. The van der Waals surface area contributed by atoms with Crippen LogP contribution < -0.4 is 4.74 Å². The maximum absolute atomic E-state index is 13.2. The Hall–Kier alpha value is -3.12. The van der Waals surface area contributed by atoms with Gasteiger partial charge in [-0.05, 0) is 48.1 Å². The fourth-order valence-electron chi connectivity index (χ4n) is 4.12. The number of rotatable bonds is 17. The number of aromatic nitrogens is 2. The van der Waals surface area contributed by atoms with Crippen molar-refractivity contribution in [3.63, 3.8) is 0 Å². The lowest BCUT2D eigenvalue weighted by Gasteiger charge is -2.08. The standard InChI is InChI=1S/C32H41FN2O3/c1-3-5-6-7-8-9-10-25-23-34-32(35-24-25)28-13-11-26(12-14-28)27-15-17-30(18-16-27)38-31(36)20-22-37-21-19-29(33)4-2/h11-18,23-24,29H,3-10,19-22H2,1-2H3/t29-/m1/s1. The number of aryl methyl sites for hydroxylation is 1. The van der Waals surface area contributed by atoms with Gasteiger partial charge in [-0.2, -0.15) is 0 Å². The Morgan fingerprint density at radius 3 is 2.08 bits per heavy atom. The van der Waals surface area contributed by atoms with Crippen molar-refractivity contribution in [1.29, 1.82) is 0 Å². The highest BCUT2D eigenvalue weighted by Gasteiger charge is 2.08. The summed E-state index contributed by atoms with van der Waals surface area (Å²) < 4.78 is 23.9. The highest BCUT2D eigenvalue weighted by atomic mass is 19.1. The largest absolute Gasteiger partial charge is 0.426 e. The summed E-state index contributed by atoms with van der Waals surface area (Å²) in [5.41, 5.74) is 4.24. The number of carbonyl (C=O) groups excluding carboxylic acids is 1. The molecule has 6 heteroatoms. The third-order valence-electron chi connectivity index (χ3n) is 6.56. The Balaban J connectivity index is 1.43. The predicted octanol–water partition coefficient (Wildman–Crippen LogP) is 8.16. The Morgan fingerprint density at radius 2 is 1.42 bits per heavy atom. The number of unbranched alkanes of at least 4 members (excludes halogenated alkanes) is 5. The zero-order chi connectivity index (χ0) is 27.0. The van der Waals surface area contributed by atoms with Crippen LogP contribution in [0.4, 0.5) is 4.39 Å². The van der Waals surface area contributed by atoms with Crippen molar-refractivity contribution in [2.45, 2.75) is 84.2 Å². The van der Waals surface area contributed by atoms with E-state index in [0.29, 0.717) is 25.2 Å². The van der Waals surface area contributed by atoms with Gasteiger partial charge in [0.2, 0.25) is 0 Å². The number of hydrogen-bond donors (Lipinski definition) is 0. The number of ether oxygens (including phenoxy) is 2. The van der Waals surface area contributed by atoms with Gasteiger partial charge in [-0.1, -0.05) is 82.3 Å². The van der Waals surface area contributed by atoms with Crippen molar-refractivity contribution >= 4 is 5.97 Å². The second-order valence-corrected chi connectivity index (χ2v) is 9.67. The van der Waals surface area contributed by atoms with E-state index in [0.717, 1.165) is 28.9 Å². The molecule has 0 aliphatic carbocycles. The number of hydrogen-bond acceptors (Lipinski definition) is 5. The van der Waals surface area contributed by atoms with E-state index in [1.165, 1.54) is 44.1 Å². The molecule has 0 saturated carbocycles. The van der Waals surface area contributed by atoms with Crippen LogP contribution >= 0.6 is 0 Å². The second-order valence-electron chi connectivity index (χ2n) is 9.67. The van der Waals surface area contributed by atoms with Crippen molar-refractivity contribution in [3.8, 4) is 28.3 Å². The number of halogens is 1. The maximum Gasteiger partial charge on any atom is 0.313 e. The summed E-state index contributed by atoms with van der Waals surface area (Å²) in [5, 5.41) is 0. The van der Waals surface area contributed by atoms with Crippen LogP contribution in [0.3, 0.4) is 0 Å². The van der Waals surface area contributed by atoms with Gasteiger partial charge in [-0.25, -0.2) is 14.4 Å². The number of esters is 1. The minimum Gasteiger partial charge on any atom is -0.426 e. The zero-order valence-electron chi connectivity index (χ0n) is 22.8. The fourth-order valence-corrected chi connectivity index (χ4v) is 4.12. The first-order chi connectivity index (χ1) is 18.6. The van der Waals surface area contributed by atoms with Gasteiger partial charge in [0.15, 0.2) is 5.82 Å². The second kappa shape index (κ2) is 16.7. The molecule has 0 N–H and O–H groups in total. The lowest BCUT2D eigenvalue weighted by atomic mass is 10.0. The molecule has 0 bridgehead atoms. The molecule has 1 atom stereocenters. The quantitative estimate of drug-likeness (QED) is 0.102. The third-order valence-corrected chi connectivity index (χ3v) is 6.56. The maximum atomic E-state index is 13.2. The number of nitrogens with zero attached hydrogens (tertiary/aromatic N) is 2. The van der Waals surface area contributed by atoms with Gasteiger partial charge in [0, 0.05) is 31.0 Å². The molecule has 0 amide bonds. The molecule has 38 heavy (non-hydrogen) atoms. The van der Waals surface area contributed by atoms with Crippen LogP contribution in [0.1, 0.15) is 77.2 Å². The molecular weight excluding hydrogens is 479 g/mol. The molecular formula is C32H41FN2O3. The summed E-state index contributed by atoms with van der Waals surface area (Å²) in [7, 11) is 0. The minimum atomic E-state index is -0.851. The van der Waals surface area contributed by atoms with Gasteiger partial charge in [-0.3, -0.25) is 4.79 Å². The number of alkyl halides is 1. The summed E-state index contributed by atoms with van der Waals surface area (Å²) >= 11 is 0. The average Bonchev–Trinajstić information content (AvgIpc) is 2.95. The molecule has 3 aromatic rings. The lowest BCUT2D eigenvalue weighted by Crippen LogP contribution is -2.12. The van der Waals surface area contributed by atoms with E-state index >= 15 is 0 Å². The molecule has 1 heterocycles. The molecule has 2 aromatic carbocycles. The molecule has 0 unspecified atom stereocenters. The van der Waals surface area contributed by atoms with Gasteiger partial charge >= 0.3 is 5.97 Å². The Bertz CT molecular complexity index is 1070. The SMILES string of the molecule is CCCCCCCCc1cnc(-c2ccc(-c3ccc(OC(=O)CCOCC[C@H](F)CC)cc3)cc2)nc1. The Morgan fingerprint density at radius 1 is 0.816 bits per heavy atom. The van der Waals surface area contributed by atoms with E-state index in [1.807, 2.05) is 48.8 Å². The van der Waals surface area contributed by atoms with E-state index in [9.17, 15) is 9.18 Å². The molecule has 0 fully saturated rings. The van der Waals surface area contributed by atoms with E-state index in [4.69, 9.17) is 9.47 Å². The van der Waals surface area contributed by atoms with Crippen LogP contribution in [0.2, 0.25) is 0 Å². The van der Waals surface area contributed by atoms with Gasteiger partial charge in [0.05, 0.1) is 13.0 Å². The van der Waals surface area contributed by atoms with Gasteiger partial charge in [0.1, 0.15) is 11.9 Å². The van der Waals surface area contributed by atoms with Crippen molar-refractivity contribution in [2.75, 3.05) is 13.2 Å². The molecule has 0 radical (unpaired) electrons. The number of carbonyl (C=O) groups is 1. The molecule has 204 valence electrons. The summed E-state index contributed by atoms with van der Waals surface area (Å²) in [5.74, 6) is 0.844. The predicted molar refractivity (Wildman–Crippen MR) is 151 cm³/mol. The highest BCUT2D eigenvalue weighted by Crippen LogP contribution is 2.25. The van der Waals surface area contributed by atoms with Crippen LogP contribution in [0.5, 0.6) is 5.75 Å². The Kier molecular flexibility index (Phi) is 12.9. The first kappa shape index (κ1) is 29.4. The lowest BCUT2D eigenvalue weighted by molar-refractivity contribution is -0.135. The Labute approximate surface area is 226 Å². The summed E-state index contributed by atoms with van der Waals surface area (Å²) in [6.45, 7) is 4.58. The molecule has 1 aromatic heterocycles.